The Balaban J connectivity index is 3.25. The van der Waals surface area contributed by atoms with Gasteiger partial charge in [-0.2, -0.15) is 4.31 Å². The molecule has 0 fully saturated rings. The summed E-state index contributed by atoms with van der Waals surface area (Å²) in [5.74, 6) is 2.36. The van der Waals surface area contributed by atoms with Gasteiger partial charge in [-0.1, -0.05) is 25.8 Å². The Bertz CT molecular complexity index is 643. The first-order chi connectivity index (χ1) is 9.70. The van der Waals surface area contributed by atoms with Crippen LogP contribution in [0.25, 0.3) is 0 Å². The van der Waals surface area contributed by atoms with Crippen LogP contribution in [-0.4, -0.2) is 32.4 Å². The van der Waals surface area contributed by atoms with Crippen LogP contribution < -0.4 is 5.32 Å². The average molecular weight is 308 g/mol. The first-order valence-electron chi connectivity index (χ1n) is 6.93. The monoisotopic (exact) mass is 308 g/mol. The summed E-state index contributed by atoms with van der Waals surface area (Å²) < 4.78 is 26.3. The molecule has 0 aliphatic rings. The number of rotatable bonds is 6. The zero-order chi connectivity index (χ0) is 16.2. The highest BCUT2D eigenvalue weighted by molar-refractivity contribution is 7.89. The summed E-state index contributed by atoms with van der Waals surface area (Å²) in [5, 5.41) is 3.31. The smallest absolute Gasteiger partial charge is 0.243 e. The molecule has 0 aliphatic heterocycles. The molecule has 0 radical (unpaired) electrons. The fourth-order valence-corrected chi connectivity index (χ4v) is 3.38. The second-order valence-corrected chi connectivity index (χ2v) is 7.56. The topological polar surface area (TPSA) is 49.4 Å². The van der Waals surface area contributed by atoms with Gasteiger partial charge in [0.05, 0.1) is 11.4 Å². The fraction of sp³-hybridized carbons (Fsp3) is 0.500. The van der Waals surface area contributed by atoms with E-state index in [2.05, 4.69) is 25.1 Å². The molecule has 0 amide bonds. The molecule has 1 aromatic rings. The standard InChI is InChI=1S/C16H24N2O2S/c1-7-8-18(6)21(19,20)16-10-15(11-17-12(2)3)13(4)9-14(16)5/h1,9-10,12,17H,8,11H2,2-6H3. The van der Waals surface area contributed by atoms with E-state index in [1.165, 1.54) is 11.4 Å². The summed E-state index contributed by atoms with van der Waals surface area (Å²) in [7, 11) is -2.05. The van der Waals surface area contributed by atoms with Crippen molar-refractivity contribution in [2.45, 2.75) is 45.2 Å². The Kier molecular flexibility index (Phi) is 5.97. The summed E-state index contributed by atoms with van der Waals surface area (Å²) >= 11 is 0. The lowest BCUT2D eigenvalue weighted by Crippen LogP contribution is -2.28. The van der Waals surface area contributed by atoms with Crippen molar-refractivity contribution < 1.29 is 8.42 Å². The van der Waals surface area contributed by atoms with E-state index in [1.54, 1.807) is 6.07 Å². The number of nitrogens with one attached hydrogen (secondary N) is 1. The number of terminal acetylenes is 1. The molecule has 0 aliphatic carbocycles. The predicted molar refractivity (Wildman–Crippen MR) is 86.5 cm³/mol. The van der Waals surface area contributed by atoms with Gasteiger partial charge in [0.1, 0.15) is 0 Å². The molecular formula is C16H24N2O2S. The molecule has 0 saturated carbocycles. The van der Waals surface area contributed by atoms with Gasteiger partial charge in [0, 0.05) is 19.6 Å². The molecule has 1 rings (SSSR count). The van der Waals surface area contributed by atoms with E-state index in [-0.39, 0.29) is 6.54 Å². The minimum absolute atomic E-state index is 0.0647. The Morgan fingerprint density at radius 3 is 2.43 bits per heavy atom. The molecule has 0 heterocycles. The molecule has 0 bridgehead atoms. The van der Waals surface area contributed by atoms with Gasteiger partial charge in [-0.25, -0.2) is 8.42 Å². The molecule has 116 valence electrons. The largest absolute Gasteiger partial charge is 0.310 e. The molecule has 0 saturated heterocycles. The van der Waals surface area contributed by atoms with Crippen LogP contribution in [0, 0.1) is 26.2 Å². The highest BCUT2D eigenvalue weighted by Gasteiger charge is 2.23. The molecular weight excluding hydrogens is 284 g/mol. The van der Waals surface area contributed by atoms with Crippen LogP contribution in [0.2, 0.25) is 0 Å². The third-order valence-corrected chi connectivity index (χ3v) is 5.28. The number of nitrogens with zero attached hydrogens (tertiary/aromatic N) is 1. The van der Waals surface area contributed by atoms with Crippen molar-refractivity contribution in [3.05, 3.63) is 28.8 Å². The third kappa shape index (κ3) is 4.31. The third-order valence-electron chi connectivity index (χ3n) is 3.34. The van der Waals surface area contributed by atoms with Gasteiger partial charge in [-0.15, -0.1) is 6.42 Å². The lowest BCUT2D eigenvalue weighted by Gasteiger charge is -2.19. The first-order valence-corrected chi connectivity index (χ1v) is 8.37. The van der Waals surface area contributed by atoms with Crippen molar-refractivity contribution in [3.63, 3.8) is 0 Å². The average Bonchev–Trinajstić information content (AvgIpc) is 2.37. The van der Waals surface area contributed by atoms with E-state index < -0.39 is 10.0 Å². The van der Waals surface area contributed by atoms with Gasteiger partial charge in [-0.3, -0.25) is 0 Å². The lowest BCUT2D eigenvalue weighted by molar-refractivity contribution is 0.502. The van der Waals surface area contributed by atoms with E-state index >= 15 is 0 Å². The molecule has 4 nitrogen and oxygen atoms in total. The van der Waals surface area contributed by atoms with E-state index in [0.29, 0.717) is 17.5 Å². The fourth-order valence-electron chi connectivity index (χ4n) is 2.04. The van der Waals surface area contributed by atoms with Crippen LogP contribution in [0.3, 0.4) is 0 Å². The molecule has 0 spiro atoms. The van der Waals surface area contributed by atoms with Crippen LogP contribution in [0.5, 0.6) is 0 Å². The van der Waals surface area contributed by atoms with Gasteiger partial charge < -0.3 is 5.32 Å². The minimum atomic E-state index is -3.55. The molecule has 0 atom stereocenters. The zero-order valence-corrected chi connectivity index (χ0v) is 14.2. The highest BCUT2D eigenvalue weighted by atomic mass is 32.2. The van der Waals surface area contributed by atoms with Crippen molar-refractivity contribution in [1.29, 1.82) is 0 Å². The van der Waals surface area contributed by atoms with Gasteiger partial charge in [0.15, 0.2) is 0 Å². The maximum atomic E-state index is 12.6. The summed E-state index contributed by atoms with van der Waals surface area (Å²) in [6.07, 6.45) is 5.21. The molecule has 0 unspecified atom stereocenters. The Hall–Kier alpha value is -1.35. The molecule has 1 N–H and O–H groups in total. The maximum Gasteiger partial charge on any atom is 0.243 e. The van der Waals surface area contributed by atoms with Crippen LogP contribution in [-0.2, 0) is 16.6 Å². The van der Waals surface area contributed by atoms with Gasteiger partial charge in [0.2, 0.25) is 10.0 Å². The van der Waals surface area contributed by atoms with Crippen molar-refractivity contribution in [2.24, 2.45) is 0 Å². The number of sulfonamides is 1. The summed E-state index contributed by atoms with van der Waals surface area (Å²) in [4.78, 5) is 0.325. The van der Waals surface area contributed by atoms with Crippen LogP contribution >= 0.6 is 0 Å². The zero-order valence-electron chi connectivity index (χ0n) is 13.4. The predicted octanol–water partition coefficient (Wildman–Crippen LogP) is 2.06. The van der Waals surface area contributed by atoms with Crippen molar-refractivity contribution in [2.75, 3.05) is 13.6 Å². The second-order valence-electron chi connectivity index (χ2n) is 5.54. The quantitative estimate of drug-likeness (QED) is 0.818. The van der Waals surface area contributed by atoms with Crippen LogP contribution in [0.1, 0.15) is 30.5 Å². The first kappa shape index (κ1) is 17.7. The van der Waals surface area contributed by atoms with Gasteiger partial charge in [-0.05, 0) is 36.6 Å². The maximum absolute atomic E-state index is 12.6. The highest BCUT2D eigenvalue weighted by Crippen LogP contribution is 2.23. The van der Waals surface area contributed by atoms with E-state index in [1.807, 2.05) is 19.9 Å². The molecule has 1 aromatic carbocycles. The Morgan fingerprint density at radius 2 is 1.90 bits per heavy atom. The van der Waals surface area contributed by atoms with E-state index in [0.717, 1.165) is 16.7 Å². The van der Waals surface area contributed by atoms with Crippen molar-refractivity contribution >= 4 is 10.0 Å². The van der Waals surface area contributed by atoms with Gasteiger partial charge in [0.25, 0.3) is 0 Å². The Morgan fingerprint density at radius 1 is 1.29 bits per heavy atom. The van der Waals surface area contributed by atoms with Gasteiger partial charge >= 0.3 is 0 Å². The van der Waals surface area contributed by atoms with Crippen LogP contribution in [0.15, 0.2) is 17.0 Å². The number of hydrogen-bond acceptors (Lipinski definition) is 3. The van der Waals surface area contributed by atoms with Crippen molar-refractivity contribution in [3.8, 4) is 12.3 Å². The van der Waals surface area contributed by atoms with E-state index in [4.69, 9.17) is 6.42 Å². The lowest BCUT2D eigenvalue weighted by atomic mass is 10.1. The normalized spacial score (nSPS) is 11.9. The number of hydrogen-bond donors (Lipinski definition) is 1. The van der Waals surface area contributed by atoms with Crippen LogP contribution in [0.4, 0.5) is 0 Å². The number of benzene rings is 1. The van der Waals surface area contributed by atoms with Crippen molar-refractivity contribution in [1.82, 2.24) is 9.62 Å². The SMILES string of the molecule is C#CCN(C)S(=O)(=O)c1cc(CNC(C)C)c(C)cc1C. The summed E-state index contributed by atoms with van der Waals surface area (Å²) in [6, 6.07) is 4.01. The molecule has 5 heteroatoms. The number of aryl methyl sites for hydroxylation is 2. The molecule has 21 heavy (non-hydrogen) atoms. The minimum Gasteiger partial charge on any atom is -0.310 e. The summed E-state index contributed by atoms with van der Waals surface area (Å²) in [5.41, 5.74) is 2.81. The Labute approximate surface area is 128 Å². The summed E-state index contributed by atoms with van der Waals surface area (Å²) in [6.45, 7) is 8.62. The second kappa shape index (κ2) is 7.08. The molecule has 0 aromatic heterocycles. The van der Waals surface area contributed by atoms with E-state index in [9.17, 15) is 8.42 Å².